The van der Waals surface area contributed by atoms with E-state index in [2.05, 4.69) is 31.4 Å². The first kappa shape index (κ1) is 16.4. The van der Waals surface area contributed by atoms with Crippen LogP contribution in [-0.2, 0) is 4.79 Å². The number of aromatic nitrogens is 3. The monoisotopic (exact) mass is 413 g/mol. The van der Waals surface area contributed by atoms with E-state index in [1.54, 1.807) is 40.9 Å². The molecule has 0 radical (unpaired) electrons. The fourth-order valence-corrected chi connectivity index (χ4v) is 3.36. The quantitative estimate of drug-likeness (QED) is 0.663. The first-order valence-electron chi connectivity index (χ1n) is 7.74. The molecule has 0 bridgehead atoms. The van der Waals surface area contributed by atoms with Crippen molar-refractivity contribution in [3.63, 3.8) is 0 Å². The fourth-order valence-electron chi connectivity index (χ4n) is 2.91. The zero-order chi connectivity index (χ0) is 18.4. The molecule has 3 aromatic rings. The van der Waals surface area contributed by atoms with Gasteiger partial charge in [-0.05, 0) is 41.1 Å². The van der Waals surface area contributed by atoms with Crippen LogP contribution >= 0.6 is 15.9 Å². The Kier molecular flexibility index (Phi) is 3.80. The topological polar surface area (TPSA) is 96.7 Å². The Hall–Kier alpha value is -3.07. The number of amides is 3. The largest absolute Gasteiger partial charge is 0.321 e. The van der Waals surface area contributed by atoms with Gasteiger partial charge >= 0.3 is 0 Å². The lowest BCUT2D eigenvalue weighted by Crippen LogP contribution is -2.45. The van der Waals surface area contributed by atoms with E-state index in [1.807, 2.05) is 0 Å². The number of carbonyl (C=O) groups excluding carboxylic acids is 3. The van der Waals surface area contributed by atoms with Crippen LogP contribution in [0.3, 0.4) is 0 Å². The van der Waals surface area contributed by atoms with Crippen LogP contribution in [0.5, 0.6) is 0 Å². The Balaban J connectivity index is 1.62. The second-order valence-electron chi connectivity index (χ2n) is 5.82. The number of hydrogen-bond acceptors (Lipinski definition) is 5. The van der Waals surface area contributed by atoms with E-state index in [4.69, 9.17) is 0 Å². The van der Waals surface area contributed by atoms with Crippen molar-refractivity contribution in [3.8, 4) is 0 Å². The SMILES string of the molecule is CC(C(=O)Nc1cc(Br)cn2cnnc12)N1C(=O)c2ccccc2C1=O. The molecule has 9 heteroatoms. The van der Waals surface area contributed by atoms with E-state index >= 15 is 0 Å². The molecule has 130 valence electrons. The highest BCUT2D eigenvalue weighted by molar-refractivity contribution is 9.10. The lowest BCUT2D eigenvalue weighted by Gasteiger charge is -2.21. The van der Waals surface area contributed by atoms with Crippen LogP contribution in [0.15, 0.2) is 47.3 Å². The third-order valence-corrected chi connectivity index (χ3v) is 4.64. The van der Waals surface area contributed by atoms with Crippen molar-refractivity contribution in [2.75, 3.05) is 5.32 Å². The number of imide groups is 1. The maximum Gasteiger partial charge on any atom is 0.262 e. The number of halogens is 1. The van der Waals surface area contributed by atoms with E-state index in [0.29, 0.717) is 26.9 Å². The van der Waals surface area contributed by atoms with Crippen molar-refractivity contribution in [3.05, 3.63) is 58.5 Å². The van der Waals surface area contributed by atoms with Gasteiger partial charge in [-0.1, -0.05) is 12.1 Å². The predicted octanol–water partition coefficient (Wildman–Crippen LogP) is 2.12. The molecule has 1 N–H and O–H groups in total. The van der Waals surface area contributed by atoms with Gasteiger partial charge in [-0.2, -0.15) is 0 Å². The Morgan fingerprint density at radius 1 is 1.19 bits per heavy atom. The van der Waals surface area contributed by atoms with E-state index < -0.39 is 23.8 Å². The number of hydrogen-bond donors (Lipinski definition) is 1. The van der Waals surface area contributed by atoms with E-state index in [9.17, 15) is 14.4 Å². The molecule has 1 atom stereocenters. The highest BCUT2D eigenvalue weighted by atomic mass is 79.9. The van der Waals surface area contributed by atoms with Gasteiger partial charge in [-0.3, -0.25) is 23.7 Å². The van der Waals surface area contributed by atoms with Crippen LogP contribution in [-0.4, -0.2) is 43.3 Å². The third kappa shape index (κ3) is 2.48. The van der Waals surface area contributed by atoms with Gasteiger partial charge in [0.05, 0.1) is 16.8 Å². The summed E-state index contributed by atoms with van der Waals surface area (Å²) in [5.41, 5.74) is 1.49. The molecule has 0 spiro atoms. The number of nitrogens with one attached hydrogen (secondary N) is 1. The van der Waals surface area contributed by atoms with E-state index in [-0.39, 0.29) is 0 Å². The van der Waals surface area contributed by atoms with Gasteiger partial charge in [0, 0.05) is 10.7 Å². The van der Waals surface area contributed by atoms with Crippen LogP contribution in [0.4, 0.5) is 5.69 Å². The van der Waals surface area contributed by atoms with Crippen LogP contribution < -0.4 is 5.32 Å². The lowest BCUT2D eigenvalue weighted by atomic mass is 10.1. The molecule has 26 heavy (non-hydrogen) atoms. The summed E-state index contributed by atoms with van der Waals surface area (Å²) in [4.78, 5) is 38.7. The lowest BCUT2D eigenvalue weighted by molar-refractivity contribution is -0.119. The molecule has 1 aliphatic rings. The molecule has 4 rings (SSSR count). The predicted molar refractivity (Wildman–Crippen MR) is 95.7 cm³/mol. The van der Waals surface area contributed by atoms with Crippen molar-refractivity contribution < 1.29 is 14.4 Å². The summed E-state index contributed by atoms with van der Waals surface area (Å²) in [6, 6.07) is 7.22. The van der Waals surface area contributed by atoms with Crippen LogP contribution in [0, 0.1) is 0 Å². The summed E-state index contributed by atoms with van der Waals surface area (Å²) in [5, 5.41) is 10.5. The molecule has 3 heterocycles. The van der Waals surface area contributed by atoms with Crippen molar-refractivity contribution in [2.45, 2.75) is 13.0 Å². The smallest absolute Gasteiger partial charge is 0.262 e. The Labute approximate surface area is 155 Å². The minimum atomic E-state index is -0.982. The van der Waals surface area contributed by atoms with Crippen LogP contribution in [0.25, 0.3) is 5.65 Å². The summed E-state index contributed by atoms with van der Waals surface area (Å²) in [6.07, 6.45) is 3.25. The van der Waals surface area contributed by atoms with Crippen molar-refractivity contribution in [1.82, 2.24) is 19.5 Å². The number of nitrogens with zero attached hydrogens (tertiary/aromatic N) is 4. The van der Waals surface area contributed by atoms with Gasteiger partial charge < -0.3 is 5.32 Å². The second kappa shape index (κ2) is 6.03. The molecule has 0 fully saturated rings. The van der Waals surface area contributed by atoms with E-state index in [0.717, 1.165) is 4.90 Å². The highest BCUT2D eigenvalue weighted by Gasteiger charge is 2.40. The number of benzene rings is 1. The van der Waals surface area contributed by atoms with Crippen molar-refractivity contribution >= 4 is 45.0 Å². The summed E-state index contributed by atoms with van der Waals surface area (Å²) in [5.74, 6) is -1.45. The second-order valence-corrected chi connectivity index (χ2v) is 6.74. The number of pyridine rings is 1. The number of anilines is 1. The van der Waals surface area contributed by atoms with Crippen LogP contribution in [0.1, 0.15) is 27.6 Å². The molecule has 8 nitrogen and oxygen atoms in total. The molecule has 1 aromatic carbocycles. The zero-order valence-corrected chi connectivity index (χ0v) is 15.1. The minimum Gasteiger partial charge on any atom is -0.321 e. The molecular formula is C17H12BrN5O3. The van der Waals surface area contributed by atoms with Gasteiger partial charge in [0.15, 0.2) is 5.65 Å². The maximum absolute atomic E-state index is 12.7. The van der Waals surface area contributed by atoms with E-state index in [1.165, 1.54) is 13.3 Å². The average molecular weight is 414 g/mol. The normalized spacial score (nSPS) is 14.6. The highest BCUT2D eigenvalue weighted by Crippen LogP contribution is 2.26. The number of fused-ring (bicyclic) bond motifs is 2. The van der Waals surface area contributed by atoms with Crippen LogP contribution in [0.2, 0.25) is 0 Å². The number of carbonyl (C=O) groups is 3. The Bertz CT molecular complexity index is 1040. The molecule has 1 aliphatic heterocycles. The molecule has 0 saturated carbocycles. The summed E-state index contributed by atoms with van der Waals surface area (Å²) in [7, 11) is 0. The van der Waals surface area contributed by atoms with Gasteiger partial charge in [-0.25, -0.2) is 0 Å². The van der Waals surface area contributed by atoms with Crippen molar-refractivity contribution in [2.24, 2.45) is 0 Å². The first-order chi connectivity index (χ1) is 12.5. The molecule has 0 saturated heterocycles. The summed E-state index contributed by atoms with van der Waals surface area (Å²) in [6.45, 7) is 1.51. The minimum absolute atomic E-state index is 0.305. The Morgan fingerprint density at radius 2 is 1.85 bits per heavy atom. The zero-order valence-electron chi connectivity index (χ0n) is 13.5. The Morgan fingerprint density at radius 3 is 2.50 bits per heavy atom. The molecule has 3 amide bonds. The van der Waals surface area contributed by atoms with Gasteiger partial charge in [-0.15, -0.1) is 10.2 Å². The molecule has 0 aliphatic carbocycles. The van der Waals surface area contributed by atoms with Gasteiger partial charge in [0.1, 0.15) is 12.4 Å². The first-order valence-corrected chi connectivity index (χ1v) is 8.53. The summed E-state index contributed by atoms with van der Waals surface area (Å²) >= 11 is 3.35. The molecular weight excluding hydrogens is 402 g/mol. The van der Waals surface area contributed by atoms with Crippen molar-refractivity contribution in [1.29, 1.82) is 0 Å². The maximum atomic E-state index is 12.7. The average Bonchev–Trinajstić information content (AvgIpc) is 3.18. The fraction of sp³-hybridized carbons (Fsp3) is 0.118. The number of rotatable bonds is 3. The molecule has 2 aromatic heterocycles. The van der Waals surface area contributed by atoms with Gasteiger partial charge in [0.2, 0.25) is 5.91 Å². The molecule has 1 unspecified atom stereocenters. The third-order valence-electron chi connectivity index (χ3n) is 4.21. The summed E-state index contributed by atoms with van der Waals surface area (Å²) < 4.78 is 2.36. The standard InChI is InChI=1S/C17H12BrN5O3/c1-9(23-16(25)11-4-2-3-5-12(11)17(23)26)15(24)20-13-6-10(18)7-22-8-19-21-14(13)22/h2-9H,1H3,(H,20,24). The van der Waals surface area contributed by atoms with Gasteiger partial charge in [0.25, 0.3) is 11.8 Å².